The summed E-state index contributed by atoms with van der Waals surface area (Å²) in [7, 11) is 0. The van der Waals surface area contributed by atoms with E-state index in [4.69, 9.17) is 16.6 Å². The lowest BCUT2D eigenvalue weighted by molar-refractivity contribution is -0.137. The van der Waals surface area contributed by atoms with Crippen molar-refractivity contribution in [3.63, 3.8) is 0 Å². The van der Waals surface area contributed by atoms with Gasteiger partial charge in [-0.15, -0.1) is 9.73 Å². The third-order valence-corrected chi connectivity index (χ3v) is 4.78. The Morgan fingerprint density at radius 3 is 2.07 bits per heavy atom. The van der Waals surface area contributed by atoms with Gasteiger partial charge in [0.1, 0.15) is 23.9 Å². The molecule has 11 heteroatoms. The minimum atomic E-state index is -0.926. The number of fused-ring (bicyclic) bond motifs is 1. The molecule has 30 heavy (non-hydrogen) atoms. The molecule has 3 aromatic heterocycles. The molecule has 3 aromatic rings. The summed E-state index contributed by atoms with van der Waals surface area (Å²) in [5.74, 6) is 0.662. The maximum absolute atomic E-state index is 11.1. The molecule has 166 valence electrons. The SMILES string of the molecule is CC(C)(C)c1nsc(N)n1.CC(C)c1nn2nc(C(C)(C)C)c(N)c2n1CC(=O)O. The number of nitrogens with zero attached hydrogens (tertiary/aromatic N) is 6. The van der Waals surface area contributed by atoms with E-state index in [0.29, 0.717) is 22.3 Å². The number of aromatic nitrogens is 6. The normalized spacial score (nSPS) is 12.3. The van der Waals surface area contributed by atoms with Gasteiger partial charge in [-0.25, -0.2) is 4.98 Å². The molecule has 10 nitrogen and oxygen atoms in total. The molecule has 5 N–H and O–H groups in total. The molecule has 3 heterocycles. The highest BCUT2D eigenvalue weighted by Crippen LogP contribution is 2.31. The van der Waals surface area contributed by atoms with Gasteiger partial charge in [0.15, 0.2) is 10.8 Å². The van der Waals surface area contributed by atoms with Crippen LogP contribution in [0.3, 0.4) is 0 Å². The Morgan fingerprint density at radius 2 is 1.70 bits per heavy atom. The number of carboxylic acid groups (broad SMARTS) is 1. The van der Waals surface area contributed by atoms with E-state index in [0.717, 1.165) is 11.5 Å². The molecule has 0 saturated carbocycles. The van der Waals surface area contributed by atoms with Crippen LogP contribution in [0.25, 0.3) is 5.65 Å². The van der Waals surface area contributed by atoms with Gasteiger partial charge in [0.2, 0.25) is 0 Å². The Bertz CT molecular complexity index is 1030. The Hall–Kier alpha value is -2.69. The van der Waals surface area contributed by atoms with E-state index in [-0.39, 0.29) is 23.3 Å². The van der Waals surface area contributed by atoms with Crippen molar-refractivity contribution in [2.24, 2.45) is 0 Å². The number of hydrogen-bond donors (Lipinski definition) is 3. The fraction of sp³-hybridized carbons (Fsp3) is 0.632. The Balaban J connectivity index is 0.000000269. The summed E-state index contributed by atoms with van der Waals surface area (Å²) in [6.07, 6.45) is 0. The van der Waals surface area contributed by atoms with Crippen LogP contribution in [-0.2, 0) is 22.2 Å². The summed E-state index contributed by atoms with van der Waals surface area (Å²) in [6, 6.07) is 0. The maximum Gasteiger partial charge on any atom is 0.323 e. The second-order valence-corrected chi connectivity index (χ2v) is 10.3. The topological polar surface area (TPSA) is 150 Å². The number of anilines is 2. The predicted octanol–water partition coefficient (Wildman–Crippen LogP) is 3.04. The van der Waals surface area contributed by atoms with E-state index in [1.54, 1.807) is 4.57 Å². The number of carbonyl (C=O) groups is 1. The van der Waals surface area contributed by atoms with Crippen molar-refractivity contribution >= 4 is 34.0 Å². The first-order valence-electron chi connectivity index (χ1n) is 9.69. The zero-order valence-corrected chi connectivity index (χ0v) is 19.7. The minimum Gasteiger partial charge on any atom is -0.480 e. The van der Waals surface area contributed by atoms with Crippen LogP contribution < -0.4 is 11.5 Å². The van der Waals surface area contributed by atoms with Crippen LogP contribution in [0, 0.1) is 0 Å². The van der Waals surface area contributed by atoms with Crippen molar-refractivity contribution in [2.45, 2.75) is 78.7 Å². The maximum atomic E-state index is 11.1. The Morgan fingerprint density at radius 1 is 1.10 bits per heavy atom. The molecule has 0 saturated heterocycles. The fourth-order valence-electron chi connectivity index (χ4n) is 2.80. The van der Waals surface area contributed by atoms with Gasteiger partial charge in [0, 0.05) is 28.3 Å². The molecule has 0 aliphatic rings. The van der Waals surface area contributed by atoms with Crippen LogP contribution in [0.2, 0.25) is 0 Å². The van der Waals surface area contributed by atoms with Crippen LogP contribution >= 0.6 is 11.5 Å². The molecule has 0 radical (unpaired) electrons. The third kappa shape index (κ3) is 5.07. The van der Waals surface area contributed by atoms with Crippen molar-refractivity contribution in [2.75, 3.05) is 11.5 Å². The van der Waals surface area contributed by atoms with Crippen molar-refractivity contribution in [1.29, 1.82) is 0 Å². The highest BCUT2D eigenvalue weighted by molar-refractivity contribution is 7.09. The van der Waals surface area contributed by atoms with Crippen molar-refractivity contribution in [1.82, 2.24) is 28.8 Å². The molecule has 3 rings (SSSR count). The molecule has 0 spiro atoms. The van der Waals surface area contributed by atoms with Crippen LogP contribution in [0.4, 0.5) is 10.8 Å². The molecule has 0 fully saturated rings. The summed E-state index contributed by atoms with van der Waals surface area (Å²) in [6.45, 7) is 16.0. The van der Waals surface area contributed by atoms with Crippen LogP contribution in [0.15, 0.2) is 0 Å². The molecule has 0 aliphatic heterocycles. The van der Waals surface area contributed by atoms with Crippen molar-refractivity contribution < 1.29 is 9.90 Å². The second kappa shape index (κ2) is 8.21. The van der Waals surface area contributed by atoms with Crippen LogP contribution in [-0.4, -0.2) is 39.8 Å². The number of carboxylic acids is 1. The molecule has 0 unspecified atom stereocenters. The number of nitrogens with two attached hydrogens (primary N) is 2. The van der Waals surface area contributed by atoms with Gasteiger partial charge in [-0.3, -0.25) is 9.36 Å². The van der Waals surface area contributed by atoms with E-state index in [2.05, 4.69) is 40.3 Å². The van der Waals surface area contributed by atoms with Gasteiger partial charge < -0.3 is 16.6 Å². The number of aliphatic carboxylic acids is 1. The van der Waals surface area contributed by atoms with Crippen molar-refractivity contribution in [3.8, 4) is 0 Å². The summed E-state index contributed by atoms with van der Waals surface area (Å²) in [4.78, 5) is 15.1. The molecule has 0 atom stereocenters. The third-order valence-electron chi connectivity index (χ3n) is 4.24. The van der Waals surface area contributed by atoms with E-state index in [9.17, 15) is 4.79 Å². The van der Waals surface area contributed by atoms with E-state index in [1.165, 1.54) is 16.2 Å². The monoisotopic (exact) mass is 436 g/mol. The second-order valence-electron chi connectivity index (χ2n) is 9.52. The number of hydrogen-bond acceptors (Lipinski definition) is 8. The van der Waals surface area contributed by atoms with Gasteiger partial charge in [0.25, 0.3) is 0 Å². The Kier molecular flexibility index (Phi) is 6.45. The predicted molar refractivity (Wildman–Crippen MR) is 119 cm³/mol. The lowest BCUT2D eigenvalue weighted by Gasteiger charge is -2.16. The largest absolute Gasteiger partial charge is 0.480 e. The first-order chi connectivity index (χ1) is 13.6. The molecule has 0 amide bonds. The summed E-state index contributed by atoms with van der Waals surface area (Å²) < 4.78 is 7.17. The first-order valence-corrected chi connectivity index (χ1v) is 10.5. The Labute approximate surface area is 180 Å². The molecule has 0 aliphatic carbocycles. The fourth-order valence-corrected chi connectivity index (χ4v) is 3.43. The van der Waals surface area contributed by atoms with E-state index < -0.39 is 5.97 Å². The summed E-state index contributed by atoms with van der Waals surface area (Å²) in [5, 5.41) is 18.4. The smallest absolute Gasteiger partial charge is 0.323 e. The summed E-state index contributed by atoms with van der Waals surface area (Å²) >= 11 is 1.25. The van der Waals surface area contributed by atoms with Gasteiger partial charge in [-0.1, -0.05) is 55.4 Å². The standard InChI is InChI=1S/C13H21N5O2.C6H11N3S/c1-7(2)11-16-18-12(17(11)6-8(19)20)9(14)10(15-18)13(3,4)5;1-6(2,3)4-8-5(7)10-9-4/h7H,6,14H2,1-5H3,(H,19,20);1-3H3,(H2,7,8,9). The highest BCUT2D eigenvalue weighted by atomic mass is 32.1. The lowest BCUT2D eigenvalue weighted by atomic mass is 9.91. The number of nitrogen functional groups attached to an aromatic ring is 2. The zero-order chi connectivity index (χ0) is 23.0. The zero-order valence-electron chi connectivity index (χ0n) is 18.9. The molecular formula is C19H32N8O2S. The summed E-state index contributed by atoms with van der Waals surface area (Å²) in [5.41, 5.74) is 13.2. The van der Waals surface area contributed by atoms with Crippen LogP contribution in [0.5, 0.6) is 0 Å². The van der Waals surface area contributed by atoms with Crippen LogP contribution in [0.1, 0.15) is 78.7 Å². The van der Waals surface area contributed by atoms with Gasteiger partial charge in [-0.2, -0.15) is 9.47 Å². The highest BCUT2D eigenvalue weighted by Gasteiger charge is 2.27. The van der Waals surface area contributed by atoms with Crippen molar-refractivity contribution in [3.05, 3.63) is 17.3 Å². The molecule has 0 bridgehead atoms. The van der Waals surface area contributed by atoms with E-state index >= 15 is 0 Å². The lowest BCUT2D eigenvalue weighted by Crippen LogP contribution is -2.16. The first kappa shape index (κ1) is 23.6. The minimum absolute atomic E-state index is 0.0219. The average molecular weight is 437 g/mol. The quantitative estimate of drug-likeness (QED) is 0.567. The average Bonchev–Trinajstić information content (AvgIpc) is 3.22. The number of rotatable bonds is 3. The molecular weight excluding hydrogens is 404 g/mol. The molecule has 0 aromatic carbocycles. The van der Waals surface area contributed by atoms with Gasteiger partial charge in [0.05, 0.1) is 5.69 Å². The van der Waals surface area contributed by atoms with Gasteiger partial charge >= 0.3 is 5.97 Å². The van der Waals surface area contributed by atoms with Gasteiger partial charge in [-0.05, 0) is 0 Å². The van der Waals surface area contributed by atoms with E-state index in [1.807, 2.05) is 34.6 Å².